The van der Waals surface area contributed by atoms with E-state index in [1.807, 2.05) is 0 Å². The molecular formula is C25H29F2N5O2. The van der Waals surface area contributed by atoms with Gasteiger partial charge in [-0.05, 0) is 35.4 Å². The summed E-state index contributed by atoms with van der Waals surface area (Å²) >= 11 is 0. The van der Waals surface area contributed by atoms with Crippen LogP contribution in [0.3, 0.4) is 0 Å². The van der Waals surface area contributed by atoms with Crippen LogP contribution in [0.1, 0.15) is 33.4 Å². The number of aromatic nitrogens is 1. The van der Waals surface area contributed by atoms with Crippen LogP contribution in [0, 0.1) is 11.6 Å². The Labute approximate surface area is 197 Å². The molecule has 1 amide bonds. The van der Waals surface area contributed by atoms with E-state index < -0.39 is 0 Å². The topological polar surface area (TPSA) is 73.6 Å². The van der Waals surface area contributed by atoms with E-state index in [9.17, 15) is 13.6 Å². The molecule has 0 spiro atoms. The van der Waals surface area contributed by atoms with E-state index in [-0.39, 0.29) is 29.3 Å². The minimum atomic E-state index is -0.271. The number of carbonyl (C=O) groups excluding carboxylic acids is 1. The van der Waals surface area contributed by atoms with Crippen molar-refractivity contribution in [2.75, 3.05) is 46.3 Å². The molecule has 0 bridgehead atoms. The van der Waals surface area contributed by atoms with Gasteiger partial charge in [0, 0.05) is 52.4 Å². The number of halogens is 2. The predicted molar refractivity (Wildman–Crippen MR) is 124 cm³/mol. The molecule has 1 aliphatic rings. The van der Waals surface area contributed by atoms with Crippen LogP contribution in [0.5, 0.6) is 0 Å². The van der Waals surface area contributed by atoms with Crippen molar-refractivity contribution < 1.29 is 18.1 Å². The molecule has 1 fully saturated rings. The van der Waals surface area contributed by atoms with Gasteiger partial charge in [0.25, 0.3) is 5.91 Å². The third kappa shape index (κ3) is 6.05. The normalized spacial score (nSPS) is 15.1. The molecule has 1 saturated heterocycles. The van der Waals surface area contributed by atoms with E-state index in [0.717, 1.165) is 50.4 Å². The predicted octanol–water partition coefficient (Wildman–Crippen LogP) is 2.81. The van der Waals surface area contributed by atoms with E-state index in [4.69, 9.17) is 4.52 Å². The number of benzene rings is 2. The number of nitrogens with one attached hydrogen (secondary N) is 2. The van der Waals surface area contributed by atoms with Crippen LogP contribution in [0.15, 0.2) is 59.1 Å². The first kappa shape index (κ1) is 24.0. The molecule has 0 atom stereocenters. The zero-order chi connectivity index (χ0) is 23.9. The highest BCUT2D eigenvalue weighted by Crippen LogP contribution is 2.30. The molecule has 0 unspecified atom stereocenters. The second-order valence-corrected chi connectivity index (χ2v) is 8.32. The summed E-state index contributed by atoms with van der Waals surface area (Å²) in [6.45, 7) is 5.62. The first-order valence-electron chi connectivity index (χ1n) is 11.4. The number of piperazine rings is 1. The minimum absolute atomic E-state index is 0.0533. The number of rotatable bonds is 9. The van der Waals surface area contributed by atoms with Crippen LogP contribution in [-0.2, 0) is 6.54 Å². The Balaban J connectivity index is 1.29. The third-order valence-electron chi connectivity index (χ3n) is 6.07. The zero-order valence-corrected chi connectivity index (χ0v) is 19.1. The van der Waals surface area contributed by atoms with Crippen LogP contribution in [0.4, 0.5) is 8.78 Å². The van der Waals surface area contributed by atoms with Gasteiger partial charge in [0.15, 0.2) is 11.5 Å². The van der Waals surface area contributed by atoms with Crippen LogP contribution >= 0.6 is 0 Å². The van der Waals surface area contributed by atoms with Crippen molar-refractivity contribution in [2.24, 2.45) is 0 Å². The smallest absolute Gasteiger partial charge is 0.273 e. The van der Waals surface area contributed by atoms with Crippen molar-refractivity contribution in [3.63, 3.8) is 0 Å². The van der Waals surface area contributed by atoms with Gasteiger partial charge < -0.3 is 15.2 Å². The molecule has 1 aromatic heterocycles. The lowest BCUT2D eigenvalue weighted by Crippen LogP contribution is -2.49. The van der Waals surface area contributed by atoms with Crippen LogP contribution < -0.4 is 10.6 Å². The standard InChI is InChI=1S/C25H29F2N5O2/c1-28-25(33)23-16-22(34-30-23)17-29-10-11-31-12-14-32(15-13-31)24(18-2-6-20(26)7-3-18)19-4-8-21(27)9-5-19/h2-9,16,24,29H,10-15,17H2,1H3,(H,28,33). The molecule has 0 saturated carbocycles. The minimum Gasteiger partial charge on any atom is -0.359 e. The Morgan fingerprint density at radius 1 is 1.00 bits per heavy atom. The summed E-state index contributed by atoms with van der Waals surface area (Å²) in [5, 5.41) is 9.60. The van der Waals surface area contributed by atoms with E-state index >= 15 is 0 Å². The average molecular weight is 470 g/mol. The maximum atomic E-state index is 13.5. The van der Waals surface area contributed by atoms with E-state index in [1.54, 1.807) is 37.4 Å². The molecule has 2 N–H and O–H groups in total. The second kappa shape index (κ2) is 11.3. The summed E-state index contributed by atoms with van der Waals surface area (Å²) in [7, 11) is 1.55. The summed E-state index contributed by atoms with van der Waals surface area (Å²) in [6.07, 6.45) is 0. The van der Waals surface area contributed by atoms with Gasteiger partial charge in [0.05, 0.1) is 12.6 Å². The second-order valence-electron chi connectivity index (χ2n) is 8.32. The first-order valence-corrected chi connectivity index (χ1v) is 11.4. The third-order valence-corrected chi connectivity index (χ3v) is 6.07. The highest BCUT2D eigenvalue weighted by molar-refractivity contribution is 5.91. The fraction of sp³-hybridized carbons (Fsp3) is 0.360. The van der Waals surface area contributed by atoms with Crippen molar-refractivity contribution >= 4 is 5.91 Å². The molecule has 3 aromatic rings. The average Bonchev–Trinajstić information content (AvgIpc) is 3.34. The van der Waals surface area contributed by atoms with Gasteiger partial charge in [-0.25, -0.2) is 8.78 Å². The number of carbonyl (C=O) groups is 1. The largest absolute Gasteiger partial charge is 0.359 e. The van der Waals surface area contributed by atoms with Crippen molar-refractivity contribution in [2.45, 2.75) is 12.6 Å². The molecule has 4 rings (SSSR count). The fourth-order valence-electron chi connectivity index (χ4n) is 4.23. The van der Waals surface area contributed by atoms with Crippen molar-refractivity contribution in [3.8, 4) is 0 Å². The van der Waals surface area contributed by atoms with Gasteiger partial charge in [-0.2, -0.15) is 0 Å². The highest BCUT2D eigenvalue weighted by Gasteiger charge is 2.26. The van der Waals surface area contributed by atoms with Crippen molar-refractivity contribution in [3.05, 3.63) is 88.8 Å². The number of nitrogens with zero attached hydrogens (tertiary/aromatic N) is 3. The van der Waals surface area contributed by atoms with Crippen LogP contribution in [0.2, 0.25) is 0 Å². The van der Waals surface area contributed by atoms with Crippen LogP contribution in [0.25, 0.3) is 0 Å². The molecule has 2 heterocycles. The van der Waals surface area contributed by atoms with Gasteiger partial charge in [-0.1, -0.05) is 29.4 Å². The highest BCUT2D eigenvalue weighted by atomic mass is 19.1. The first-order chi connectivity index (χ1) is 16.5. The van der Waals surface area contributed by atoms with Crippen molar-refractivity contribution in [1.29, 1.82) is 0 Å². The lowest BCUT2D eigenvalue weighted by Gasteiger charge is -2.39. The van der Waals surface area contributed by atoms with E-state index in [2.05, 4.69) is 25.6 Å². The number of amides is 1. The van der Waals surface area contributed by atoms with E-state index in [0.29, 0.717) is 12.3 Å². The molecular weight excluding hydrogens is 440 g/mol. The molecule has 0 radical (unpaired) electrons. The molecule has 1 aliphatic heterocycles. The Bertz CT molecular complexity index is 1020. The summed E-state index contributed by atoms with van der Waals surface area (Å²) in [6, 6.07) is 14.7. The molecule has 0 aliphatic carbocycles. The maximum Gasteiger partial charge on any atom is 0.273 e. The quantitative estimate of drug-likeness (QED) is 0.470. The van der Waals surface area contributed by atoms with Gasteiger partial charge in [-0.3, -0.25) is 14.6 Å². The summed E-state index contributed by atoms with van der Waals surface area (Å²) < 4.78 is 32.2. The molecule has 180 valence electrons. The summed E-state index contributed by atoms with van der Waals surface area (Å²) in [5.41, 5.74) is 2.25. The van der Waals surface area contributed by atoms with Gasteiger partial charge >= 0.3 is 0 Å². The monoisotopic (exact) mass is 469 g/mol. The fourth-order valence-corrected chi connectivity index (χ4v) is 4.23. The lowest BCUT2D eigenvalue weighted by molar-refractivity contribution is 0.0954. The lowest BCUT2D eigenvalue weighted by atomic mass is 9.96. The Morgan fingerprint density at radius 3 is 2.15 bits per heavy atom. The van der Waals surface area contributed by atoms with Gasteiger partial charge in [-0.15, -0.1) is 0 Å². The SMILES string of the molecule is CNC(=O)c1cc(CNCCN2CCN(C(c3ccc(F)cc3)c3ccc(F)cc3)CC2)on1. The number of hydrogen-bond acceptors (Lipinski definition) is 6. The van der Waals surface area contributed by atoms with Crippen LogP contribution in [-0.4, -0.2) is 67.2 Å². The molecule has 7 nitrogen and oxygen atoms in total. The zero-order valence-electron chi connectivity index (χ0n) is 19.1. The van der Waals surface area contributed by atoms with Crippen molar-refractivity contribution in [1.82, 2.24) is 25.6 Å². The Hall–Kier alpha value is -3.14. The molecule has 34 heavy (non-hydrogen) atoms. The summed E-state index contributed by atoms with van der Waals surface area (Å²) in [5.74, 6) is -0.194. The van der Waals surface area contributed by atoms with Gasteiger partial charge in [0.1, 0.15) is 11.6 Å². The molecule has 9 heteroatoms. The number of hydrogen-bond donors (Lipinski definition) is 2. The maximum absolute atomic E-state index is 13.5. The summed E-state index contributed by atoms with van der Waals surface area (Å²) in [4.78, 5) is 16.3. The van der Waals surface area contributed by atoms with E-state index in [1.165, 1.54) is 24.3 Å². The molecule has 2 aromatic carbocycles. The Kier molecular flexibility index (Phi) is 7.99. The Morgan fingerprint density at radius 2 is 1.59 bits per heavy atom. The van der Waals surface area contributed by atoms with Gasteiger partial charge in [0.2, 0.25) is 0 Å².